The van der Waals surface area contributed by atoms with Gasteiger partial charge >= 0.3 is 0 Å². The molecule has 0 radical (unpaired) electrons. The summed E-state index contributed by atoms with van der Waals surface area (Å²) in [5, 5.41) is 3.85. The molecule has 0 saturated carbocycles. The Morgan fingerprint density at radius 3 is 2.90 bits per heavy atom. The molecule has 1 aliphatic rings. The fourth-order valence-electron chi connectivity index (χ4n) is 3.23. The maximum Gasteiger partial charge on any atom is 0.245 e. The number of carbonyl (C=O) groups excluding carboxylic acids is 1. The summed E-state index contributed by atoms with van der Waals surface area (Å²) in [7, 11) is -3.78. The van der Waals surface area contributed by atoms with E-state index in [4.69, 9.17) is 12.2 Å². The quantitative estimate of drug-likeness (QED) is 0.371. The molecule has 1 amide bonds. The minimum absolute atomic E-state index is 0.103. The number of nitrogens with one attached hydrogen (secondary N) is 3. The van der Waals surface area contributed by atoms with Gasteiger partial charge in [-0.15, -0.1) is 6.58 Å². The number of hydrazine groups is 1. The van der Waals surface area contributed by atoms with Crippen LogP contribution < -0.4 is 16.2 Å². The summed E-state index contributed by atoms with van der Waals surface area (Å²) in [6, 6.07) is 8.67. The third-order valence-electron chi connectivity index (χ3n) is 4.67. The van der Waals surface area contributed by atoms with Gasteiger partial charge in [-0.1, -0.05) is 24.3 Å². The Morgan fingerprint density at radius 2 is 2.10 bits per heavy atom. The molecule has 154 valence electrons. The van der Waals surface area contributed by atoms with Gasteiger partial charge in [0.25, 0.3) is 0 Å². The summed E-state index contributed by atoms with van der Waals surface area (Å²) in [4.78, 5) is 16.9. The van der Waals surface area contributed by atoms with Crippen LogP contribution >= 0.6 is 12.2 Å². The number of piperidine rings is 1. The lowest BCUT2D eigenvalue weighted by molar-refractivity contribution is -0.126. The smallest absolute Gasteiger partial charge is 0.245 e. The largest absolute Gasteiger partial charge is 0.358 e. The lowest BCUT2D eigenvalue weighted by Crippen LogP contribution is -2.52. The number of hydrogen-bond donors (Lipinski definition) is 3. The maximum absolute atomic E-state index is 13.3. The van der Waals surface area contributed by atoms with Crippen LogP contribution in [0.4, 0.5) is 0 Å². The summed E-state index contributed by atoms with van der Waals surface area (Å²) in [6.07, 6.45) is 4.40. The number of aromatic nitrogens is 1. The third-order valence-corrected chi connectivity index (χ3v) is 6.82. The molecule has 3 rings (SSSR count). The predicted octanol–water partition coefficient (Wildman–Crippen LogP) is 1.32. The lowest BCUT2D eigenvalue weighted by atomic mass is 9.99. The molecule has 0 aliphatic carbocycles. The minimum atomic E-state index is -3.78. The number of sulfonamides is 1. The fraction of sp³-hybridized carbons (Fsp3) is 0.316. The Hall–Kier alpha value is -2.56. The first-order valence-corrected chi connectivity index (χ1v) is 11.1. The Morgan fingerprint density at radius 1 is 1.31 bits per heavy atom. The van der Waals surface area contributed by atoms with Crippen LogP contribution in [0.5, 0.6) is 0 Å². The number of amides is 1. The second-order valence-electron chi connectivity index (χ2n) is 6.65. The van der Waals surface area contributed by atoms with E-state index in [0.717, 1.165) is 5.39 Å². The number of fused-ring (bicyclic) bond motifs is 1. The second-order valence-corrected chi connectivity index (χ2v) is 8.96. The molecular weight excluding hydrogens is 410 g/mol. The molecule has 1 saturated heterocycles. The van der Waals surface area contributed by atoms with E-state index in [1.165, 1.54) is 4.31 Å². The number of benzene rings is 1. The minimum Gasteiger partial charge on any atom is -0.358 e. The van der Waals surface area contributed by atoms with E-state index < -0.39 is 15.9 Å². The van der Waals surface area contributed by atoms with E-state index in [0.29, 0.717) is 31.4 Å². The lowest BCUT2D eigenvalue weighted by Gasteiger charge is -2.31. The van der Waals surface area contributed by atoms with Crippen molar-refractivity contribution in [1.82, 2.24) is 25.5 Å². The monoisotopic (exact) mass is 433 g/mol. The van der Waals surface area contributed by atoms with Crippen LogP contribution in [0.2, 0.25) is 0 Å². The van der Waals surface area contributed by atoms with E-state index in [1.807, 2.05) is 12.1 Å². The molecule has 0 bridgehead atoms. The number of hydrogen-bond acceptors (Lipinski definition) is 5. The van der Waals surface area contributed by atoms with Gasteiger partial charge in [-0.05, 0) is 37.2 Å². The first-order chi connectivity index (χ1) is 13.9. The third kappa shape index (κ3) is 4.89. The Kier molecular flexibility index (Phi) is 6.78. The molecule has 8 nitrogen and oxygen atoms in total. The molecule has 1 aromatic heterocycles. The topological polar surface area (TPSA) is 103 Å². The number of para-hydroxylation sites is 1. The van der Waals surface area contributed by atoms with Crippen LogP contribution in [0.25, 0.3) is 10.9 Å². The molecule has 3 N–H and O–H groups in total. The fourth-order valence-corrected chi connectivity index (χ4v) is 5.05. The predicted molar refractivity (Wildman–Crippen MR) is 115 cm³/mol. The SMILES string of the molecule is C=CCNC(=S)NNC(=O)C1CCCN(S(=O)(=O)c2cccc3cccnc23)C1. The van der Waals surface area contributed by atoms with E-state index in [9.17, 15) is 13.2 Å². The molecule has 1 aliphatic heterocycles. The van der Waals surface area contributed by atoms with Crippen molar-refractivity contribution in [1.29, 1.82) is 0 Å². The average molecular weight is 434 g/mol. The number of carbonyl (C=O) groups is 1. The van der Waals surface area contributed by atoms with Gasteiger partial charge in [0.05, 0.1) is 11.4 Å². The van der Waals surface area contributed by atoms with Crippen LogP contribution in [0.1, 0.15) is 12.8 Å². The van der Waals surface area contributed by atoms with Crippen molar-refractivity contribution < 1.29 is 13.2 Å². The number of pyridine rings is 1. The van der Waals surface area contributed by atoms with Gasteiger partial charge in [-0.2, -0.15) is 4.31 Å². The summed E-state index contributed by atoms with van der Waals surface area (Å²) >= 11 is 5.03. The van der Waals surface area contributed by atoms with Crippen molar-refractivity contribution in [2.24, 2.45) is 5.92 Å². The molecule has 2 aromatic rings. The van der Waals surface area contributed by atoms with Crippen LogP contribution in [-0.4, -0.2) is 48.4 Å². The summed E-state index contributed by atoms with van der Waals surface area (Å²) < 4.78 is 27.9. The number of thiocarbonyl (C=S) groups is 1. The van der Waals surface area contributed by atoms with Crippen molar-refractivity contribution in [3.05, 3.63) is 49.2 Å². The first kappa shape index (κ1) is 21.2. The normalized spacial score (nSPS) is 17.4. The Labute approximate surface area is 175 Å². The van der Waals surface area contributed by atoms with Crippen molar-refractivity contribution in [2.75, 3.05) is 19.6 Å². The summed E-state index contributed by atoms with van der Waals surface area (Å²) in [5.41, 5.74) is 5.59. The van der Waals surface area contributed by atoms with Gasteiger partial charge in [0.1, 0.15) is 4.90 Å². The molecule has 1 unspecified atom stereocenters. The Bertz CT molecular complexity index is 1020. The number of nitrogens with zero attached hydrogens (tertiary/aromatic N) is 2. The molecular formula is C19H23N5O3S2. The molecule has 10 heteroatoms. The van der Waals surface area contributed by atoms with Gasteiger partial charge < -0.3 is 5.32 Å². The van der Waals surface area contributed by atoms with Crippen molar-refractivity contribution in [3.63, 3.8) is 0 Å². The molecule has 0 spiro atoms. The second kappa shape index (κ2) is 9.29. The highest BCUT2D eigenvalue weighted by Gasteiger charge is 2.34. The van der Waals surface area contributed by atoms with Crippen molar-refractivity contribution >= 4 is 44.2 Å². The molecule has 2 heterocycles. The van der Waals surface area contributed by atoms with Crippen LogP contribution in [0.3, 0.4) is 0 Å². The molecule has 29 heavy (non-hydrogen) atoms. The van der Waals surface area contributed by atoms with Gasteiger partial charge in [0.15, 0.2) is 5.11 Å². The van der Waals surface area contributed by atoms with Crippen LogP contribution in [0.15, 0.2) is 54.1 Å². The van der Waals surface area contributed by atoms with Gasteiger partial charge in [-0.25, -0.2) is 8.42 Å². The van der Waals surface area contributed by atoms with Gasteiger partial charge in [0, 0.05) is 31.2 Å². The zero-order chi connectivity index (χ0) is 20.9. The van der Waals surface area contributed by atoms with Crippen LogP contribution in [-0.2, 0) is 14.8 Å². The molecule has 1 fully saturated rings. The van der Waals surface area contributed by atoms with Gasteiger partial charge in [0.2, 0.25) is 15.9 Å². The van der Waals surface area contributed by atoms with E-state index in [-0.39, 0.29) is 22.5 Å². The zero-order valence-electron chi connectivity index (χ0n) is 15.8. The van der Waals surface area contributed by atoms with E-state index in [1.54, 1.807) is 30.5 Å². The first-order valence-electron chi connectivity index (χ1n) is 9.22. The highest BCUT2D eigenvalue weighted by atomic mass is 32.2. The maximum atomic E-state index is 13.3. The standard InChI is InChI=1S/C19H23N5O3S2/c1-2-10-21-19(28)23-22-18(25)15-8-5-12-24(13-15)29(26,27)16-9-3-6-14-7-4-11-20-17(14)16/h2-4,6-7,9,11,15H,1,5,8,10,12-13H2,(H,22,25)(H2,21,23,28). The average Bonchev–Trinajstić information content (AvgIpc) is 2.75. The molecule has 1 atom stereocenters. The van der Waals surface area contributed by atoms with Crippen molar-refractivity contribution in [2.45, 2.75) is 17.7 Å². The van der Waals surface area contributed by atoms with E-state index in [2.05, 4.69) is 27.7 Å². The zero-order valence-corrected chi connectivity index (χ0v) is 17.4. The van der Waals surface area contributed by atoms with Gasteiger partial charge in [-0.3, -0.25) is 20.6 Å². The highest BCUT2D eigenvalue weighted by molar-refractivity contribution is 7.89. The molecule has 1 aromatic carbocycles. The Balaban J connectivity index is 1.72. The number of rotatable bonds is 5. The van der Waals surface area contributed by atoms with Crippen molar-refractivity contribution in [3.8, 4) is 0 Å². The highest BCUT2D eigenvalue weighted by Crippen LogP contribution is 2.27. The summed E-state index contributed by atoms with van der Waals surface area (Å²) in [6.45, 7) is 4.51. The van der Waals surface area contributed by atoms with Crippen LogP contribution in [0, 0.1) is 5.92 Å². The summed E-state index contributed by atoms with van der Waals surface area (Å²) in [5.74, 6) is -0.778. The van der Waals surface area contributed by atoms with E-state index >= 15 is 0 Å².